The summed E-state index contributed by atoms with van der Waals surface area (Å²) in [6.45, 7) is 6.51. The zero-order chi connectivity index (χ0) is 19.8. The third-order valence-electron chi connectivity index (χ3n) is 4.29. The summed E-state index contributed by atoms with van der Waals surface area (Å²) >= 11 is 0. The zero-order valence-electron chi connectivity index (χ0n) is 16.7. The Morgan fingerprint density at radius 1 is 1.21 bits per heavy atom. The largest absolute Gasteiger partial charge is 0.497 e. The highest BCUT2D eigenvalue weighted by Crippen LogP contribution is 2.19. The topological polar surface area (TPSA) is 65.9 Å². The van der Waals surface area contributed by atoms with Gasteiger partial charge in [0.1, 0.15) is 11.6 Å². The second kappa shape index (κ2) is 11.9. The summed E-state index contributed by atoms with van der Waals surface area (Å²) in [4.78, 5) is 4.46. The van der Waals surface area contributed by atoms with Crippen LogP contribution in [0.5, 0.6) is 5.75 Å². The molecule has 7 heteroatoms. The van der Waals surface area contributed by atoms with E-state index in [9.17, 15) is 9.50 Å². The molecular formula is C21H29FIN3O2. The van der Waals surface area contributed by atoms with Gasteiger partial charge in [-0.25, -0.2) is 4.39 Å². The van der Waals surface area contributed by atoms with Crippen LogP contribution in [0.4, 0.5) is 4.39 Å². The lowest BCUT2D eigenvalue weighted by Gasteiger charge is -2.19. The van der Waals surface area contributed by atoms with Gasteiger partial charge in [0.05, 0.1) is 25.8 Å². The van der Waals surface area contributed by atoms with Crippen LogP contribution < -0.4 is 15.4 Å². The minimum absolute atomic E-state index is 0. The SMILES string of the molecule is CCNC(=NCC(O)c1cccc(OC)c1)NC(C)c1ccc(C)c(F)c1.I. The minimum atomic E-state index is -0.748. The number of aryl methyl sites for hydroxylation is 1. The molecule has 0 saturated carbocycles. The van der Waals surface area contributed by atoms with E-state index in [1.165, 1.54) is 6.07 Å². The summed E-state index contributed by atoms with van der Waals surface area (Å²) in [5.41, 5.74) is 2.19. The standard InChI is InChI=1S/C21H28FN3O2.HI/c1-5-23-21(25-15(3)16-10-9-14(2)19(22)12-16)24-13-20(26)17-7-6-8-18(11-17)27-4;/h6-12,15,20,26H,5,13H2,1-4H3,(H2,23,24,25);1H. The van der Waals surface area contributed by atoms with Gasteiger partial charge in [-0.05, 0) is 55.7 Å². The summed E-state index contributed by atoms with van der Waals surface area (Å²) in [7, 11) is 1.59. The molecule has 0 saturated heterocycles. The van der Waals surface area contributed by atoms with Crippen LogP contribution in [0.25, 0.3) is 0 Å². The Balaban J connectivity index is 0.00000392. The van der Waals surface area contributed by atoms with E-state index in [2.05, 4.69) is 15.6 Å². The van der Waals surface area contributed by atoms with E-state index < -0.39 is 6.10 Å². The molecule has 0 bridgehead atoms. The number of hydrogen-bond acceptors (Lipinski definition) is 3. The molecule has 2 aromatic rings. The average Bonchev–Trinajstić information content (AvgIpc) is 2.68. The van der Waals surface area contributed by atoms with Crippen molar-refractivity contribution in [1.29, 1.82) is 0 Å². The minimum Gasteiger partial charge on any atom is -0.497 e. The maximum absolute atomic E-state index is 13.8. The second-order valence-corrected chi connectivity index (χ2v) is 6.39. The van der Waals surface area contributed by atoms with E-state index in [-0.39, 0.29) is 42.4 Å². The number of guanidine groups is 1. The molecule has 2 atom stereocenters. The number of benzene rings is 2. The van der Waals surface area contributed by atoms with Gasteiger partial charge in [0, 0.05) is 6.54 Å². The van der Waals surface area contributed by atoms with Crippen LogP contribution in [0.3, 0.4) is 0 Å². The van der Waals surface area contributed by atoms with Gasteiger partial charge in [0.15, 0.2) is 5.96 Å². The summed E-state index contributed by atoms with van der Waals surface area (Å²) in [6, 6.07) is 12.3. The molecule has 0 amide bonds. The fourth-order valence-corrected chi connectivity index (χ4v) is 2.62. The summed E-state index contributed by atoms with van der Waals surface area (Å²) in [5, 5.41) is 16.8. The van der Waals surface area contributed by atoms with E-state index in [0.717, 1.165) is 11.1 Å². The number of hydrogen-bond donors (Lipinski definition) is 3. The van der Waals surface area contributed by atoms with Gasteiger partial charge < -0.3 is 20.5 Å². The lowest BCUT2D eigenvalue weighted by atomic mass is 10.1. The molecule has 0 radical (unpaired) electrons. The highest BCUT2D eigenvalue weighted by atomic mass is 127. The Kier molecular flexibility index (Phi) is 10.2. The number of aliphatic hydroxyl groups excluding tert-OH is 1. The summed E-state index contributed by atoms with van der Waals surface area (Å²) in [5.74, 6) is 1.03. The quantitative estimate of drug-likeness (QED) is 0.304. The molecule has 0 aromatic heterocycles. The van der Waals surface area contributed by atoms with E-state index in [4.69, 9.17) is 4.74 Å². The Morgan fingerprint density at radius 3 is 2.61 bits per heavy atom. The van der Waals surface area contributed by atoms with Gasteiger partial charge in [-0.15, -0.1) is 24.0 Å². The van der Waals surface area contributed by atoms with Crippen molar-refractivity contribution in [1.82, 2.24) is 10.6 Å². The van der Waals surface area contributed by atoms with Gasteiger partial charge >= 0.3 is 0 Å². The molecule has 28 heavy (non-hydrogen) atoms. The Hall–Kier alpha value is -1.87. The van der Waals surface area contributed by atoms with Crippen LogP contribution in [-0.4, -0.2) is 31.3 Å². The van der Waals surface area contributed by atoms with Crippen molar-refractivity contribution in [3.8, 4) is 5.75 Å². The van der Waals surface area contributed by atoms with Crippen LogP contribution in [-0.2, 0) is 0 Å². The smallest absolute Gasteiger partial charge is 0.191 e. The van der Waals surface area contributed by atoms with Gasteiger partial charge in [-0.3, -0.25) is 4.99 Å². The molecule has 0 aliphatic carbocycles. The van der Waals surface area contributed by atoms with Crippen molar-refractivity contribution in [3.05, 3.63) is 65.0 Å². The van der Waals surface area contributed by atoms with Crippen molar-refractivity contribution in [3.63, 3.8) is 0 Å². The van der Waals surface area contributed by atoms with E-state index in [0.29, 0.717) is 23.8 Å². The predicted molar refractivity (Wildman–Crippen MR) is 122 cm³/mol. The molecule has 2 rings (SSSR count). The molecule has 0 heterocycles. The number of aliphatic hydroxyl groups is 1. The zero-order valence-corrected chi connectivity index (χ0v) is 19.0. The number of ether oxygens (including phenoxy) is 1. The number of aliphatic imine (C=N–C) groups is 1. The molecule has 0 aliphatic heterocycles. The first kappa shape index (κ1) is 24.2. The molecule has 154 valence electrons. The van der Waals surface area contributed by atoms with Crippen LogP contribution in [0.2, 0.25) is 0 Å². The van der Waals surface area contributed by atoms with Crippen molar-refractivity contribution in [2.24, 2.45) is 4.99 Å². The Labute approximate surface area is 183 Å². The van der Waals surface area contributed by atoms with Gasteiger partial charge in [0.25, 0.3) is 0 Å². The molecule has 0 fully saturated rings. The third kappa shape index (κ3) is 6.94. The number of halogens is 2. The maximum atomic E-state index is 13.8. The van der Waals surface area contributed by atoms with Crippen LogP contribution in [0, 0.1) is 12.7 Å². The Morgan fingerprint density at radius 2 is 1.96 bits per heavy atom. The van der Waals surface area contributed by atoms with Crippen LogP contribution in [0.15, 0.2) is 47.5 Å². The highest BCUT2D eigenvalue weighted by molar-refractivity contribution is 14.0. The second-order valence-electron chi connectivity index (χ2n) is 6.39. The summed E-state index contributed by atoms with van der Waals surface area (Å²) in [6.07, 6.45) is -0.748. The summed E-state index contributed by atoms with van der Waals surface area (Å²) < 4.78 is 19.0. The molecular weight excluding hydrogens is 472 g/mol. The van der Waals surface area contributed by atoms with E-state index >= 15 is 0 Å². The first-order chi connectivity index (χ1) is 12.9. The molecule has 0 aliphatic rings. The first-order valence-electron chi connectivity index (χ1n) is 9.07. The molecule has 0 spiro atoms. The maximum Gasteiger partial charge on any atom is 0.191 e. The van der Waals surface area contributed by atoms with E-state index in [1.54, 1.807) is 26.2 Å². The van der Waals surface area contributed by atoms with Gasteiger partial charge in [-0.2, -0.15) is 0 Å². The number of rotatable bonds is 7. The van der Waals surface area contributed by atoms with Gasteiger partial charge in [-0.1, -0.05) is 24.3 Å². The van der Waals surface area contributed by atoms with Crippen molar-refractivity contribution < 1.29 is 14.2 Å². The van der Waals surface area contributed by atoms with Gasteiger partial charge in [0.2, 0.25) is 0 Å². The third-order valence-corrected chi connectivity index (χ3v) is 4.29. The number of nitrogens with one attached hydrogen (secondary N) is 2. The molecule has 2 unspecified atom stereocenters. The lowest BCUT2D eigenvalue weighted by Crippen LogP contribution is -2.39. The first-order valence-corrected chi connectivity index (χ1v) is 9.07. The molecule has 3 N–H and O–H groups in total. The fraction of sp³-hybridized carbons (Fsp3) is 0.381. The van der Waals surface area contributed by atoms with E-state index in [1.807, 2.05) is 38.1 Å². The van der Waals surface area contributed by atoms with Crippen molar-refractivity contribution in [2.75, 3.05) is 20.2 Å². The normalized spacial score (nSPS) is 13.3. The van der Waals surface area contributed by atoms with Crippen LogP contribution >= 0.6 is 24.0 Å². The number of methoxy groups -OCH3 is 1. The highest BCUT2D eigenvalue weighted by Gasteiger charge is 2.12. The molecule has 2 aromatic carbocycles. The monoisotopic (exact) mass is 501 g/mol. The molecule has 5 nitrogen and oxygen atoms in total. The van der Waals surface area contributed by atoms with Crippen LogP contribution in [0.1, 0.15) is 42.7 Å². The predicted octanol–water partition coefficient (Wildman–Crippen LogP) is 4.11. The number of nitrogens with zero attached hydrogens (tertiary/aromatic N) is 1. The van der Waals surface area contributed by atoms with Crippen molar-refractivity contribution in [2.45, 2.75) is 32.9 Å². The average molecular weight is 501 g/mol. The Bertz CT molecular complexity index is 786. The van der Waals surface area contributed by atoms with Crippen molar-refractivity contribution >= 4 is 29.9 Å². The fourth-order valence-electron chi connectivity index (χ4n) is 2.62. The lowest BCUT2D eigenvalue weighted by molar-refractivity contribution is 0.186.